The zero-order chi connectivity index (χ0) is 20.1. The number of amides is 1. The van der Waals surface area contributed by atoms with Gasteiger partial charge < -0.3 is 24.4 Å². The lowest BCUT2D eigenvalue weighted by Crippen LogP contribution is -2.36. The third kappa shape index (κ3) is 4.78. The van der Waals surface area contributed by atoms with Crippen LogP contribution in [0, 0.1) is 0 Å². The Kier molecular flexibility index (Phi) is 5.81. The summed E-state index contributed by atoms with van der Waals surface area (Å²) in [5.74, 6) is 1.23. The van der Waals surface area contributed by atoms with E-state index in [1.807, 2.05) is 60.7 Å². The highest BCUT2D eigenvalue weighted by molar-refractivity contribution is 5.92. The first kappa shape index (κ1) is 19.1. The van der Waals surface area contributed by atoms with Crippen LogP contribution in [0.2, 0.25) is 0 Å². The van der Waals surface area contributed by atoms with Crippen LogP contribution in [0.25, 0.3) is 10.8 Å². The highest BCUT2D eigenvalue weighted by atomic mass is 16.5. The molecule has 1 amide bonds. The third-order valence-electron chi connectivity index (χ3n) is 4.92. The normalized spacial score (nSPS) is 13.9. The van der Waals surface area contributed by atoms with E-state index >= 15 is 0 Å². The molecule has 0 aromatic heterocycles. The van der Waals surface area contributed by atoms with Crippen LogP contribution >= 0.6 is 0 Å². The fourth-order valence-corrected chi connectivity index (χ4v) is 3.34. The van der Waals surface area contributed by atoms with Crippen LogP contribution in [-0.4, -0.2) is 45.9 Å². The minimum atomic E-state index is -0.199. The molecule has 1 aliphatic rings. The molecule has 0 atom stereocenters. The van der Waals surface area contributed by atoms with Crippen molar-refractivity contribution in [1.29, 1.82) is 0 Å². The van der Waals surface area contributed by atoms with Gasteiger partial charge in [-0.25, -0.2) is 0 Å². The number of ether oxygens (including phenoxy) is 3. The topological polar surface area (TPSA) is 60.0 Å². The van der Waals surface area contributed by atoms with Crippen LogP contribution in [0.15, 0.2) is 60.7 Å². The van der Waals surface area contributed by atoms with Crippen LogP contribution in [0.4, 0.5) is 11.4 Å². The van der Waals surface area contributed by atoms with Gasteiger partial charge in [0.2, 0.25) is 0 Å². The van der Waals surface area contributed by atoms with Crippen molar-refractivity contribution in [2.24, 2.45) is 0 Å². The molecule has 0 unspecified atom stereocenters. The van der Waals surface area contributed by atoms with E-state index in [9.17, 15) is 4.79 Å². The minimum absolute atomic E-state index is 0.0549. The van der Waals surface area contributed by atoms with Gasteiger partial charge >= 0.3 is 0 Å². The highest BCUT2D eigenvalue weighted by Crippen LogP contribution is 2.25. The van der Waals surface area contributed by atoms with Gasteiger partial charge in [0, 0.05) is 24.5 Å². The summed E-state index contributed by atoms with van der Waals surface area (Å²) in [6, 6.07) is 19.4. The third-order valence-corrected chi connectivity index (χ3v) is 4.92. The van der Waals surface area contributed by atoms with E-state index in [0.29, 0.717) is 5.75 Å². The summed E-state index contributed by atoms with van der Waals surface area (Å²) < 4.78 is 16.3. The molecule has 1 saturated heterocycles. The summed E-state index contributed by atoms with van der Waals surface area (Å²) in [5.41, 5.74) is 1.88. The summed E-state index contributed by atoms with van der Waals surface area (Å²) in [5, 5.41) is 4.96. The monoisotopic (exact) mass is 392 g/mol. The van der Waals surface area contributed by atoms with E-state index < -0.39 is 0 Å². The average Bonchev–Trinajstić information content (AvgIpc) is 2.78. The predicted octanol–water partition coefficient (Wildman–Crippen LogP) is 3.70. The maximum atomic E-state index is 12.3. The lowest BCUT2D eigenvalue weighted by Gasteiger charge is -2.28. The van der Waals surface area contributed by atoms with Crippen LogP contribution in [0.5, 0.6) is 11.5 Å². The van der Waals surface area contributed by atoms with E-state index in [-0.39, 0.29) is 12.5 Å². The summed E-state index contributed by atoms with van der Waals surface area (Å²) in [6.45, 7) is 3.21. The number of hydrogen-bond donors (Lipinski definition) is 1. The molecule has 0 radical (unpaired) electrons. The summed E-state index contributed by atoms with van der Waals surface area (Å²) in [7, 11) is 1.64. The molecule has 150 valence electrons. The first-order chi connectivity index (χ1) is 14.2. The Morgan fingerprint density at radius 3 is 2.38 bits per heavy atom. The zero-order valence-corrected chi connectivity index (χ0v) is 16.4. The van der Waals surface area contributed by atoms with Crippen LogP contribution in [0.1, 0.15) is 0 Å². The van der Waals surface area contributed by atoms with E-state index in [1.165, 1.54) is 0 Å². The molecular formula is C23H24N2O4. The van der Waals surface area contributed by atoms with Gasteiger partial charge in [0.15, 0.2) is 6.61 Å². The van der Waals surface area contributed by atoms with Gasteiger partial charge in [-0.05, 0) is 59.3 Å². The molecule has 4 rings (SSSR count). The quantitative estimate of drug-likeness (QED) is 0.693. The maximum absolute atomic E-state index is 12.3. The summed E-state index contributed by atoms with van der Waals surface area (Å²) in [6.07, 6.45) is 0. The van der Waals surface area contributed by atoms with E-state index in [1.54, 1.807) is 7.11 Å². The van der Waals surface area contributed by atoms with Gasteiger partial charge in [-0.3, -0.25) is 4.79 Å². The first-order valence-electron chi connectivity index (χ1n) is 9.64. The fourth-order valence-electron chi connectivity index (χ4n) is 3.34. The molecule has 0 saturated carbocycles. The molecule has 0 bridgehead atoms. The summed E-state index contributed by atoms with van der Waals surface area (Å²) in [4.78, 5) is 14.5. The second-order valence-corrected chi connectivity index (χ2v) is 6.86. The molecule has 6 nitrogen and oxygen atoms in total. The Labute approximate surface area is 170 Å². The molecule has 1 heterocycles. The van der Waals surface area contributed by atoms with Gasteiger partial charge in [0.25, 0.3) is 5.91 Å². The molecular weight excluding hydrogens is 368 g/mol. The molecule has 0 spiro atoms. The average molecular weight is 392 g/mol. The number of carbonyl (C=O) groups excluding carboxylic acids is 1. The van der Waals surface area contributed by atoms with Crippen molar-refractivity contribution in [2.45, 2.75) is 0 Å². The van der Waals surface area contributed by atoms with Crippen LogP contribution in [-0.2, 0) is 9.53 Å². The first-order valence-corrected chi connectivity index (χ1v) is 9.64. The van der Waals surface area contributed by atoms with Crippen molar-refractivity contribution in [3.8, 4) is 11.5 Å². The zero-order valence-electron chi connectivity index (χ0n) is 16.4. The second-order valence-electron chi connectivity index (χ2n) is 6.86. The maximum Gasteiger partial charge on any atom is 0.262 e. The molecule has 0 aliphatic carbocycles. The van der Waals surface area contributed by atoms with Gasteiger partial charge in [0.1, 0.15) is 11.5 Å². The number of benzene rings is 3. The van der Waals surface area contributed by atoms with Gasteiger partial charge in [-0.15, -0.1) is 0 Å². The van der Waals surface area contributed by atoms with Gasteiger partial charge in [-0.2, -0.15) is 0 Å². The van der Waals surface area contributed by atoms with Crippen molar-refractivity contribution in [1.82, 2.24) is 0 Å². The number of anilines is 2. The van der Waals surface area contributed by atoms with Crippen molar-refractivity contribution >= 4 is 28.1 Å². The lowest BCUT2D eigenvalue weighted by molar-refractivity contribution is -0.118. The standard InChI is InChI=1S/C23H24N2O4/c1-27-21-8-2-17-3-9-22(15-18(17)14-21)29-16-23(26)24-19-4-6-20(7-5-19)25-10-12-28-13-11-25/h2-9,14-15H,10-13,16H2,1H3,(H,24,26). The molecule has 1 aliphatic heterocycles. The summed E-state index contributed by atoms with van der Waals surface area (Å²) >= 11 is 0. The predicted molar refractivity (Wildman–Crippen MR) is 114 cm³/mol. The fraction of sp³-hybridized carbons (Fsp3) is 0.261. The van der Waals surface area contributed by atoms with E-state index in [4.69, 9.17) is 14.2 Å². The number of carbonyl (C=O) groups is 1. The Morgan fingerprint density at radius 2 is 1.66 bits per heavy atom. The molecule has 29 heavy (non-hydrogen) atoms. The number of methoxy groups -OCH3 is 1. The molecule has 1 N–H and O–H groups in total. The number of rotatable bonds is 6. The molecule has 3 aromatic rings. The van der Waals surface area contributed by atoms with E-state index in [2.05, 4.69) is 10.2 Å². The number of nitrogens with one attached hydrogen (secondary N) is 1. The van der Waals surface area contributed by atoms with Crippen molar-refractivity contribution < 1.29 is 19.0 Å². The van der Waals surface area contributed by atoms with Crippen molar-refractivity contribution in [3.05, 3.63) is 60.7 Å². The van der Waals surface area contributed by atoms with Crippen LogP contribution < -0.4 is 19.7 Å². The van der Waals surface area contributed by atoms with E-state index in [0.717, 1.165) is 54.2 Å². The Bertz CT molecular complexity index is 982. The van der Waals surface area contributed by atoms with Gasteiger partial charge in [-0.1, -0.05) is 12.1 Å². The SMILES string of the molecule is COc1ccc2ccc(OCC(=O)Nc3ccc(N4CCOCC4)cc3)cc2c1. The Morgan fingerprint density at radius 1 is 0.966 bits per heavy atom. The molecule has 6 heteroatoms. The smallest absolute Gasteiger partial charge is 0.262 e. The van der Waals surface area contributed by atoms with Crippen molar-refractivity contribution in [3.63, 3.8) is 0 Å². The Hall–Kier alpha value is -3.25. The molecule has 1 fully saturated rings. The minimum Gasteiger partial charge on any atom is -0.497 e. The Balaban J connectivity index is 1.33. The number of hydrogen-bond acceptors (Lipinski definition) is 5. The highest BCUT2D eigenvalue weighted by Gasteiger charge is 2.11. The number of morpholine rings is 1. The van der Waals surface area contributed by atoms with Crippen molar-refractivity contribution in [2.75, 3.05) is 50.2 Å². The second kappa shape index (κ2) is 8.84. The number of fused-ring (bicyclic) bond motifs is 1. The lowest BCUT2D eigenvalue weighted by atomic mass is 10.1. The number of nitrogens with zero attached hydrogens (tertiary/aromatic N) is 1. The largest absolute Gasteiger partial charge is 0.497 e. The van der Waals surface area contributed by atoms with Crippen LogP contribution in [0.3, 0.4) is 0 Å². The van der Waals surface area contributed by atoms with Gasteiger partial charge in [0.05, 0.1) is 20.3 Å². The molecule has 3 aromatic carbocycles.